The van der Waals surface area contributed by atoms with E-state index in [0.717, 1.165) is 19.3 Å². The Morgan fingerprint density at radius 2 is 1.83 bits per heavy atom. The summed E-state index contributed by atoms with van der Waals surface area (Å²) in [6.45, 7) is 5.74. The standard InChI is InChI=1S/C10H20O2/c1-7-4-5-8(6-9(7)11)10(2,3)12/h7-9,11-12H,4-6H2,1-3H3/t7-,8+,9-/m0/s1. The summed E-state index contributed by atoms with van der Waals surface area (Å²) in [5.41, 5.74) is -0.624. The number of aliphatic hydroxyl groups is 2. The van der Waals surface area contributed by atoms with Crippen molar-refractivity contribution in [3.63, 3.8) is 0 Å². The molecule has 0 aromatic carbocycles. The topological polar surface area (TPSA) is 40.5 Å². The van der Waals surface area contributed by atoms with Crippen molar-refractivity contribution < 1.29 is 10.2 Å². The predicted molar refractivity (Wildman–Crippen MR) is 48.8 cm³/mol. The first-order chi connectivity index (χ1) is 5.41. The van der Waals surface area contributed by atoms with Crippen LogP contribution in [-0.4, -0.2) is 21.9 Å². The lowest BCUT2D eigenvalue weighted by Gasteiger charge is -2.37. The highest BCUT2D eigenvalue weighted by Gasteiger charge is 2.34. The molecule has 2 N–H and O–H groups in total. The molecule has 2 nitrogen and oxygen atoms in total. The molecule has 0 bridgehead atoms. The summed E-state index contributed by atoms with van der Waals surface area (Å²) >= 11 is 0. The van der Waals surface area contributed by atoms with Crippen LogP contribution in [0.3, 0.4) is 0 Å². The second-order valence-electron chi connectivity index (χ2n) is 4.71. The predicted octanol–water partition coefficient (Wildman–Crippen LogP) is 1.55. The maximum Gasteiger partial charge on any atom is 0.0620 e. The quantitative estimate of drug-likeness (QED) is 0.630. The van der Waals surface area contributed by atoms with Crippen molar-refractivity contribution in [1.82, 2.24) is 0 Å². The van der Waals surface area contributed by atoms with E-state index in [2.05, 4.69) is 6.92 Å². The van der Waals surface area contributed by atoms with Crippen LogP contribution in [0, 0.1) is 11.8 Å². The van der Waals surface area contributed by atoms with E-state index < -0.39 is 5.60 Å². The first-order valence-corrected chi connectivity index (χ1v) is 4.81. The molecule has 3 atom stereocenters. The van der Waals surface area contributed by atoms with Gasteiger partial charge < -0.3 is 10.2 Å². The van der Waals surface area contributed by atoms with Gasteiger partial charge in [0, 0.05) is 0 Å². The highest BCUT2D eigenvalue weighted by Crippen LogP contribution is 2.35. The highest BCUT2D eigenvalue weighted by molar-refractivity contribution is 4.85. The highest BCUT2D eigenvalue weighted by atomic mass is 16.3. The third kappa shape index (κ3) is 2.20. The maximum absolute atomic E-state index is 9.74. The molecule has 12 heavy (non-hydrogen) atoms. The minimum atomic E-state index is -0.624. The number of aliphatic hydroxyl groups excluding tert-OH is 1. The van der Waals surface area contributed by atoms with Gasteiger partial charge in [-0.15, -0.1) is 0 Å². The third-order valence-corrected chi connectivity index (χ3v) is 3.15. The summed E-state index contributed by atoms with van der Waals surface area (Å²) < 4.78 is 0. The molecule has 1 fully saturated rings. The molecule has 2 heteroatoms. The molecule has 0 radical (unpaired) electrons. The van der Waals surface area contributed by atoms with Crippen molar-refractivity contribution in [1.29, 1.82) is 0 Å². The van der Waals surface area contributed by atoms with Crippen LogP contribution in [0.2, 0.25) is 0 Å². The van der Waals surface area contributed by atoms with Gasteiger partial charge in [-0.2, -0.15) is 0 Å². The molecule has 1 aliphatic carbocycles. The average Bonchev–Trinajstić information content (AvgIpc) is 1.92. The zero-order valence-electron chi connectivity index (χ0n) is 8.25. The van der Waals surface area contributed by atoms with Crippen molar-refractivity contribution >= 4 is 0 Å². The van der Waals surface area contributed by atoms with Gasteiger partial charge in [0.2, 0.25) is 0 Å². The van der Waals surface area contributed by atoms with E-state index in [0.29, 0.717) is 5.92 Å². The molecule has 0 aromatic rings. The van der Waals surface area contributed by atoms with Crippen LogP contribution >= 0.6 is 0 Å². The van der Waals surface area contributed by atoms with Crippen LogP contribution < -0.4 is 0 Å². The Morgan fingerprint density at radius 3 is 2.25 bits per heavy atom. The lowest BCUT2D eigenvalue weighted by Crippen LogP contribution is -2.39. The Labute approximate surface area is 74.6 Å². The molecule has 0 saturated heterocycles. The lowest BCUT2D eigenvalue weighted by molar-refractivity contribution is -0.0443. The van der Waals surface area contributed by atoms with Crippen molar-refractivity contribution in [2.24, 2.45) is 11.8 Å². The fourth-order valence-corrected chi connectivity index (χ4v) is 1.94. The molecule has 1 aliphatic rings. The monoisotopic (exact) mass is 172 g/mol. The molecule has 1 rings (SSSR count). The van der Waals surface area contributed by atoms with Gasteiger partial charge in [-0.1, -0.05) is 6.92 Å². The molecule has 0 spiro atoms. The summed E-state index contributed by atoms with van der Waals surface area (Å²) in [5, 5.41) is 19.3. The second kappa shape index (κ2) is 3.35. The summed E-state index contributed by atoms with van der Waals surface area (Å²) in [5.74, 6) is 0.673. The molecule has 0 amide bonds. The Morgan fingerprint density at radius 1 is 1.25 bits per heavy atom. The summed E-state index contributed by atoms with van der Waals surface area (Å²) in [6, 6.07) is 0. The fourth-order valence-electron chi connectivity index (χ4n) is 1.94. The number of rotatable bonds is 1. The number of hydrogen-bond acceptors (Lipinski definition) is 2. The SMILES string of the molecule is C[C@H]1CC[C@@H](C(C)(C)O)C[C@@H]1O. The van der Waals surface area contributed by atoms with Crippen LogP contribution in [0.15, 0.2) is 0 Å². The largest absolute Gasteiger partial charge is 0.393 e. The third-order valence-electron chi connectivity index (χ3n) is 3.15. The van der Waals surface area contributed by atoms with Crippen LogP contribution in [0.5, 0.6) is 0 Å². The van der Waals surface area contributed by atoms with Crippen molar-refractivity contribution in [2.75, 3.05) is 0 Å². The van der Waals surface area contributed by atoms with Gasteiger partial charge in [0.15, 0.2) is 0 Å². The molecule has 0 aliphatic heterocycles. The van der Waals surface area contributed by atoms with Crippen LogP contribution in [-0.2, 0) is 0 Å². The van der Waals surface area contributed by atoms with Gasteiger partial charge >= 0.3 is 0 Å². The molecule has 0 unspecified atom stereocenters. The first-order valence-electron chi connectivity index (χ1n) is 4.81. The van der Waals surface area contributed by atoms with E-state index in [9.17, 15) is 10.2 Å². The summed E-state index contributed by atoms with van der Waals surface area (Å²) in [6.07, 6.45) is 2.62. The minimum Gasteiger partial charge on any atom is -0.393 e. The average molecular weight is 172 g/mol. The molecular formula is C10H20O2. The van der Waals surface area contributed by atoms with E-state index in [1.807, 2.05) is 13.8 Å². The fraction of sp³-hybridized carbons (Fsp3) is 1.00. The normalized spacial score (nSPS) is 38.2. The van der Waals surface area contributed by atoms with Gasteiger partial charge in [0.1, 0.15) is 0 Å². The Balaban J connectivity index is 2.51. The Kier molecular flexibility index (Phi) is 2.79. The second-order valence-corrected chi connectivity index (χ2v) is 4.71. The summed E-state index contributed by atoms with van der Waals surface area (Å²) in [7, 11) is 0. The van der Waals surface area contributed by atoms with E-state index in [-0.39, 0.29) is 12.0 Å². The first kappa shape index (κ1) is 10.0. The molecule has 0 aromatic heterocycles. The maximum atomic E-state index is 9.74. The van der Waals surface area contributed by atoms with E-state index in [1.54, 1.807) is 0 Å². The van der Waals surface area contributed by atoms with E-state index in [4.69, 9.17) is 0 Å². The van der Waals surface area contributed by atoms with Crippen molar-refractivity contribution in [3.05, 3.63) is 0 Å². The van der Waals surface area contributed by atoms with Crippen molar-refractivity contribution in [2.45, 2.75) is 51.7 Å². The Hall–Kier alpha value is -0.0800. The molecule has 1 saturated carbocycles. The lowest BCUT2D eigenvalue weighted by atomic mass is 9.74. The van der Waals surface area contributed by atoms with Crippen molar-refractivity contribution in [3.8, 4) is 0 Å². The van der Waals surface area contributed by atoms with E-state index in [1.165, 1.54) is 0 Å². The Bertz CT molecular complexity index is 148. The smallest absolute Gasteiger partial charge is 0.0620 e. The summed E-state index contributed by atoms with van der Waals surface area (Å²) in [4.78, 5) is 0. The zero-order valence-corrected chi connectivity index (χ0v) is 8.25. The molecule has 72 valence electrons. The van der Waals surface area contributed by atoms with Gasteiger partial charge in [-0.05, 0) is 44.9 Å². The molecular weight excluding hydrogens is 152 g/mol. The minimum absolute atomic E-state index is 0.213. The van der Waals surface area contributed by atoms with E-state index >= 15 is 0 Å². The van der Waals surface area contributed by atoms with Crippen LogP contribution in [0.25, 0.3) is 0 Å². The van der Waals surface area contributed by atoms with Crippen LogP contribution in [0.1, 0.15) is 40.0 Å². The van der Waals surface area contributed by atoms with Gasteiger partial charge in [0.25, 0.3) is 0 Å². The zero-order chi connectivity index (χ0) is 9.35. The van der Waals surface area contributed by atoms with Crippen LogP contribution in [0.4, 0.5) is 0 Å². The van der Waals surface area contributed by atoms with Gasteiger partial charge in [-0.3, -0.25) is 0 Å². The number of hydrogen-bond donors (Lipinski definition) is 2. The van der Waals surface area contributed by atoms with Gasteiger partial charge in [-0.25, -0.2) is 0 Å². The molecule has 0 heterocycles. The van der Waals surface area contributed by atoms with Gasteiger partial charge in [0.05, 0.1) is 11.7 Å².